The van der Waals surface area contributed by atoms with E-state index in [-0.39, 0.29) is 5.91 Å². The number of benzene rings is 1. The Morgan fingerprint density at radius 2 is 1.96 bits per heavy atom. The van der Waals surface area contributed by atoms with Crippen LogP contribution in [0.1, 0.15) is 55.6 Å². The van der Waals surface area contributed by atoms with Gasteiger partial charge in [-0.25, -0.2) is 0 Å². The zero-order valence-corrected chi connectivity index (χ0v) is 16.4. The Morgan fingerprint density at radius 3 is 2.56 bits per heavy atom. The number of halogens is 2. The van der Waals surface area contributed by atoms with E-state index in [9.17, 15) is 4.79 Å². The van der Waals surface area contributed by atoms with Crippen molar-refractivity contribution in [2.45, 2.75) is 46.5 Å². The molecule has 1 heterocycles. The van der Waals surface area contributed by atoms with E-state index in [4.69, 9.17) is 27.7 Å². The highest BCUT2D eigenvalue weighted by Crippen LogP contribution is 2.36. The molecular formula is C19H24Cl2N2O2. The van der Waals surface area contributed by atoms with E-state index in [1.54, 1.807) is 25.1 Å². The summed E-state index contributed by atoms with van der Waals surface area (Å²) in [5, 5.41) is 7.90. The van der Waals surface area contributed by atoms with Crippen LogP contribution in [0, 0.1) is 12.8 Å². The lowest BCUT2D eigenvalue weighted by Crippen LogP contribution is -2.29. The molecule has 1 atom stereocenters. The van der Waals surface area contributed by atoms with Crippen molar-refractivity contribution < 1.29 is 9.32 Å². The van der Waals surface area contributed by atoms with Crippen LogP contribution in [0.3, 0.4) is 0 Å². The third-order valence-corrected chi connectivity index (χ3v) is 5.01. The van der Waals surface area contributed by atoms with Gasteiger partial charge in [0.15, 0.2) is 0 Å². The van der Waals surface area contributed by atoms with Gasteiger partial charge in [-0.1, -0.05) is 67.5 Å². The van der Waals surface area contributed by atoms with E-state index in [1.165, 1.54) is 6.42 Å². The molecule has 0 aliphatic carbocycles. The highest BCUT2D eigenvalue weighted by atomic mass is 35.5. The van der Waals surface area contributed by atoms with Crippen LogP contribution in [0.5, 0.6) is 0 Å². The van der Waals surface area contributed by atoms with Crippen molar-refractivity contribution in [1.29, 1.82) is 0 Å². The lowest BCUT2D eigenvalue weighted by atomic mass is 9.99. The molecule has 1 aromatic carbocycles. The quantitative estimate of drug-likeness (QED) is 0.617. The summed E-state index contributed by atoms with van der Waals surface area (Å²) in [5.41, 5.74) is 1.29. The van der Waals surface area contributed by atoms with E-state index in [0.717, 1.165) is 19.3 Å². The molecule has 1 unspecified atom stereocenters. The second kappa shape index (κ2) is 9.25. The van der Waals surface area contributed by atoms with Gasteiger partial charge in [-0.15, -0.1) is 0 Å². The van der Waals surface area contributed by atoms with Gasteiger partial charge in [0.25, 0.3) is 5.91 Å². The summed E-state index contributed by atoms with van der Waals surface area (Å²) in [6.45, 7) is 6.66. The topological polar surface area (TPSA) is 55.1 Å². The molecule has 6 heteroatoms. The van der Waals surface area contributed by atoms with E-state index >= 15 is 0 Å². The lowest BCUT2D eigenvalue weighted by Gasteiger charge is -2.15. The molecule has 1 aromatic heterocycles. The third-order valence-electron chi connectivity index (χ3n) is 4.38. The Kier molecular flexibility index (Phi) is 7.33. The molecule has 0 saturated heterocycles. The first-order valence-electron chi connectivity index (χ1n) is 8.68. The third kappa shape index (κ3) is 4.77. The van der Waals surface area contributed by atoms with Gasteiger partial charge in [-0.05, 0) is 31.4 Å². The summed E-state index contributed by atoms with van der Waals surface area (Å²) in [7, 11) is 0. The molecule has 0 bridgehead atoms. The van der Waals surface area contributed by atoms with Gasteiger partial charge < -0.3 is 9.84 Å². The van der Waals surface area contributed by atoms with Gasteiger partial charge in [0, 0.05) is 12.1 Å². The number of aromatic nitrogens is 1. The normalized spacial score (nSPS) is 12.2. The van der Waals surface area contributed by atoms with Crippen LogP contribution >= 0.6 is 23.2 Å². The molecule has 0 radical (unpaired) electrons. The van der Waals surface area contributed by atoms with Gasteiger partial charge in [-0.3, -0.25) is 4.79 Å². The maximum absolute atomic E-state index is 12.7. The summed E-state index contributed by atoms with van der Waals surface area (Å²) in [4.78, 5) is 12.7. The molecule has 0 fully saturated rings. The van der Waals surface area contributed by atoms with Crippen LogP contribution in [-0.4, -0.2) is 17.6 Å². The van der Waals surface area contributed by atoms with Crippen LogP contribution < -0.4 is 5.32 Å². The number of hydrogen-bond donors (Lipinski definition) is 1. The van der Waals surface area contributed by atoms with E-state index in [2.05, 4.69) is 24.3 Å². The monoisotopic (exact) mass is 382 g/mol. The Hall–Kier alpha value is -1.52. The van der Waals surface area contributed by atoms with Crippen LogP contribution in [0.2, 0.25) is 10.0 Å². The average molecular weight is 383 g/mol. The molecule has 25 heavy (non-hydrogen) atoms. The molecule has 0 aliphatic rings. The SMILES string of the molecule is CCCCC(CC)CNC(=O)c1c(-c2c(Cl)cccc2Cl)noc1C. The van der Waals surface area contributed by atoms with Crippen molar-refractivity contribution in [3.63, 3.8) is 0 Å². The maximum Gasteiger partial charge on any atom is 0.257 e. The van der Waals surface area contributed by atoms with Gasteiger partial charge in [0.1, 0.15) is 17.0 Å². The van der Waals surface area contributed by atoms with Gasteiger partial charge >= 0.3 is 0 Å². The number of unbranched alkanes of at least 4 members (excludes halogenated alkanes) is 1. The first kappa shape index (κ1) is 19.8. The lowest BCUT2D eigenvalue weighted by molar-refractivity contribution is 0.0945. The number of carbonyl (C=O) groups excluding carboxylic acids is 1. The minimum absolute atomic E-state index is 0.209. The van der Waals surface area contributed by atoms with Gasteiger partial charge in [-0.2, -0.15) is 0 Å². The summed E-state index contributed by atoms with van der Waals surface area (Å²) < 4.78 is 5.25. The van der Waals surface area contributed by atoms with Crippen molar-refractivity contribution in [3.05, 3.63) is 39.6 Å². The molecule has 1 amide bonds. The minimum atomic E-state index is -0.209. The minimum Gasteiger partial charge on any atom is -0.360 e. The number of nitrogens with zero attached hydrogens (tertiary/aromatic N) is 1. The predicted octanol–water partition coefficient (Wildman–Crippen LogP) is 5.90. The van der Waals surface area contributed by atoms with Gasteiger partial charge in [0.05, 0.1) is 10.0 Å². The Labute approximate surface area is 158 Å². The fourth-order valence-electron chi connectivity index (χ4n) is 2.80. The largest absolute Gasteiger partial charge is 0.360 e. The van der Waals surface area contributed by atoms with Crippen LogP contribution in [0.25, 0.3) is 11.3 Å². The van der Waals surface area contributed by atoms with Crippen molar-refractivity contribution in [2.24, 2.45) is 5.92 Å². The van der Waals surface area contributed by atoms with E-state index in [1.807, 2.05) is 0 Å². The molecule has 0 spiro atoms. The molecule has 1 N–H and O–H groups in total. The van der Waals surface area contributed by atoms with Crippen LogP contribution in [0.15, 0.2) is 22.7 Å². The highest BCUT2D eigenvalue weighted by Gasteiger charge is 2.25. The first-order valence-corrected chi connectivity index (χ1v) is 9.43. The van der Waals surface area contributed by atoms with Crippen LogP contribution in [0.4, 0.5) is 0 Å². The zero-order valence-electron chi connectivity index (χ0n) is 14.9. The number of hydrogen-bond acceptors (Lipinski definition) is 3. The van der Waals surface area contributed by atoms with Crippen molar-refractivity contribution in [1.82, 2.24) is 10.5 Å². The number of rotatable bonds is 8. The molecule has 4 nitrogen and oxygen atoms in total. The summed E-state index contributed by atoms with van der Waals surface area (Å²) in [6, 6.07) is 5.18. The summed E-state index contributed by atoms with van der Waals surface area (Å²) in [5.74, 6) is 0.709. The second-order valence-electron chi connectivity index (χ2n) is 6.19. The first-order chi connectivity index (χ1) is 12.0. The maximum atomic E-state index is 12.7. The molecule has 0 saturated carbocycles. The molecule has 0 aliphatic heterocycles. The number of carbonyl (C=O) groups is 1. The van der Waals surface area contributed by atoms with Crippen molar-refractivity contribution >= 4 is 29.1 Å². The summed E-state index contributed by atoms with van der Waals surface area (Å²) >= 11 is 12.5. The smallest absolute Gasteiger partial charge is 0.257 e. The molecule has 2 aromatic rings. The van der Waals surface area contributed by atoms with E-state index < -0.39 is 0 Å². The predicted molar refractivity (Wildman–Crippen MR) is 102 cm³/mol. The van der Waals surface area contributed by atoms with Crippen molar-refractivity contribution in [3.8, 4) is 11.3 Å². The second-order valence-corrected chi connectivity index (χ2v) is 7.00. The highest BCUT2D eigenvalue weighted by molar-refractivity contribution is 6.39. The number of amides is 1. The fourth-order valence-corrected chi connectivity index (χ4v) is 3.38. The van der Waals surface area contributed by atoms with Crippen molar-refractivity contribution in [2.75, 3.05) is 6.54 Å². The Bertz CT molecular complexity index is 708. The number of aryl methyl sites for hydroxylation is 1. The van der Waals surface area contributed by atoms with Gasteiger partial charge in [0.2, 0.25) is 0 Å². The number of nitrogens with one attached hydrogen (secondary N) is 1. The Morgan fingerprint density at radius 1 is 1.28 bits per heavy atom. The average Bonchev–Trinajstić information content (AvgIpc) is 2.96. The van der Waals surface area contributed by atoms with Crippen LogP contribution in [-0.2, 0) is 0 Å². The van der Waals surface area contributed by atoms with E-state index in [0.29, 0.717) is 45.1 Å². The molecule has 2 rings (SSSR count). The Balaban J connectivity index is 2.22. The standard InChI is InChI=1S/C19H24Cl2N2O2/c1-4-6-8-13(5-2)11-22-19(24)16-12(3)25-23-18(16)17-14(20)9-7-10-15(17)21/h7,9-10,13H,4-6,8,11H2,1-3H3,(H,22,24). The summed E-state index contributed by atoms with van der Waals surface area (Å²) in [6.07, 6.45) is 4.47. The zero-order chi connectivity index (χ0) is 18.4. The fraction of sp³-hybridized carbons (Fsp3) is 0.474. The molecule has 136 valence electrons. The molecular weight excluding hydrogens is 359 g/mol.